The van der Waals surface area contributed by atoms with Crippen molar-refractivity contribution in [3.8, 4) is 0 Å². The van der Waals surface area contributed by atoms with E-state index in [2.05, 4.69) is 5.32 Å². The lowest BCUT2D eigenvalue weighted by molar-refractivity contribution is -0.143. The Bertz CT molecular complexity index is 1080. The van der Waals surface area contributed by atoms with Gasteiger partial charge in [0.15, 0.2) is 6.61 Å². The Hall–Kier alpha value is -3.13. The molecule has 1 aliphatic rings. The SMILES string of the molecule is CC(C)CNC(=O)COC(=O)/C=C/c1ccc(S(=O)(=O)N2CCc3ccccc32)cc1. The van der Waals surface area contributed by atoms with Gasteiger partial charge in [0, 0.05) is 19.2 Å². The van der Waals surface area contributed by atoms with Crippen LogP contribution < -0.4 is 9.62 Å². The number of ether oxygens (including phenoxy) is 1. The first-order chi connectivity index (χ1) is 14.8. The highest BCUT2D eigenvalue weighted by molar-refractivity contribution is 7.92. The van der Waals surface area contributed by atoms with Crippen molar-refractivity contribution in [1.82, 2.24) is 5.32 Å². The molecule has 2 aromatic rings. The molecule has 8 heteroatoms. The minimum Gasteiger partial charge on any atom is -0.452 e. The summed E-state index contributed by atoms with van der Waals surface area (Å²) in [7, 11) is -3.66. The monoisotopic (exact) mass is 442 g/mol. The van der Waals surface area contributed by atoms with Crippen LogP contribution in [0.3, 0.4) is 0 Å². The normalized spacial score (nSPS) is 13.5. The molecule has 1 N–H and O–H groups in total. The van der Waals surface area contributed by atoms with Crippen LogP contribution in [0.5, 0.6) is 0 Å². The maximum Gasteiger partial charge on any atom is 0.331 e. The smallest absolute Gasteiger partial charge is 0.331 e. The molecule has 1 amide bonds. The number of amides is 1. The van der Waals surface area contributed by atoms with Gasteiger partial charge in [0.05, 0.1) is 10.6 Å². The number of rotatable bonds is 8. The molecule has 164 valence electrons. The van der Waals surface area contributed by atoms with Crippen molar-refractivity contribution in [2.75, 3.05) is 24.0 Å². The fourth-order valence-corrected chi connectivity index (χ4v) is 4.66. The van der Waals surface area contributed by atoms with Crippen LogP contribution in [-0.4, -0.2) is 40.0 Å². The number of sulfonamides is 1. The zero-order valence-electron chi connectivity index (χ0n) is 17.6. The van der Waals surface area contributed by atoms with E-state index in [4.69, 9.17) is 4.74 Å². The molecule has 7 nitrogen and oxygen atoms in total. The third kappa shape index (κ3) is 5.73. The first kappa shape index (κ1) is 22.6. The topological polar surface area (TPSA) is 92.8 Å². The van der Waals surface area contributed by atoms with Gasteiger partial charge in [-0.3, -0.25) is 9.10 Å². The molecule has 1 heterocycles. The first-order valence-corrected chi connectivity index (χ1v) is 11.5. The number of hydrogen-bond donors (Lipinski definition) is 1. The van der Waals surface area contributed by atoms with Crippen molar-refractivity contribution >= 4 is 33.7 Å². The van der Waals surface area contributed by atoms with E-state index < -0.39 is 16.0 Å². The average molecular weight is 443 g/mol. The average Bonchev–Trinajstić information content (AvgIpc) is 3.20. The number of esters is 1. The second-order valence-corrected chi connectivity index (χ2v) is 9.53. The van der Waals surface area contributed by atoms with Gasteiger partial charge in [-0.15, -0.1) is 0 Å². The molecule has 0 spiro atoms. The van der Waals surface area contributed by atoms with Crippen LogP contribution >= 0.6 is 0 Å². The standard InChI is InChI=1S/C23H26N2O5S/c1-17(2)15-24-22(26)16-30-23(27)12-9-18-7-10-20(11-8-18)31(28,29)25-14-13-19-5-3-4-6-21(19)25/h3-12,17H,13-16H2,1-2H3,(H,24,26)/b12-9+. The number of fused-ring (bicyclic) bond motifs is 1. The third-order valence-electron chi connectivity index (χ3n) is 4.78. The summed E-state index contributed by atoms with van der Waals surface area (Å²) >= 11 is 0. The van der Waals surface area contributed by atoms with E-state index in [-0.39, 0.29) is 17.4 Å². The molecule has 0 aromatic heterocycles. The van der Waals surface area contributed by atoms with Crippen LogP contribution in [0, 0.1) is 5.92 Å². The molecular formula is C23H26N2O5S. The fourth-order valence-electron chi connectivity index (χ4n) is 3.15. The minimum absolute atomic E-state index is 0.186. The van der Waals surface area contributed by atoms with Gasteiger partial charge in [-0.05, 0) is 47.7 Å². The summed E-state index contributed by atoms with van der Waals surface area (Å²) in [6.45, 7) is 4.53. The Balaban J connectivity index is 1.59. The van der Waals surface area contributed by atoms with Crippen LogP contribution in [0.2, 0.25) is 0 Å². The van der Waals surface area contributed by atoms with Gasteiger partial charge >= 0.3 is 5.97 Å². The molecule has 3 rings (SSSR count). The van der Waals surface area contributed by atoms with Gasteiger partial charge in [-0.2, -0.15) is 0 Å². The summed E-state index contributed by atoms with van der Waals surface area (Å²) in [5, 5.41) is 2.66. The minimum atomic E-state index is -3.66. The molecule has 2 aromatic carbocycles. The first-order valence-electron chi connectivity index (χ1n) is 10.1. The van der Waals surface area contributed by atoms with Gasteiger partial charge in [0.1, 0.15) is 0 Å². The summed E-state index contributed by atoms with van der Waals surface area (Å²) < 4.78 is 32.4. The number of anilines is 1. The van der Waals surface area contributed by atoms with Crippen molar-refractivity contribution in [2.24, 2.45) is 5.92 Å². The number of hydrogen-bond acceptors (Lipinski definition) is 5. The van der Waals surface area contributed by atoms with E-state index in [0.29, 0.717) is 36.7 Å². The van der Waals surface area contributed by atoms with Crippen molar-refractivity contribution in [3.63, 3.8) is 0 Å². The van der Waals surface area contributed by atoms with Crippen molar-refractivity contribution in [1.29, 1.82) is 0 Å². The van der Waals surface area contributed by atoms with Gasteiger partial charge in [-0.1, -0.05) is 44.2 Å². The zero-order valence-corrected chi connectivity index (χ0v) is 18.4. The van der Waals surface area contributed by atoms with Crippen LogP contribution in [0.4, 0.5) is 5.69 Å². The number of carbonyl (C=O) groups is 2. The quantitative estimate of drug-likeness (QED) is 0.501. The maximum absolute atomic E-state index is 13.0. The van der Waals surface area contributed by atoms with Crippen molar-refractivity contribution < 1.29 is 22.7 Å². The van der Waals surface area contributed by atoms with Crippen molar-refractivity contribution in [3.05, 3.63) is 65.7 Å². The Kier molecular flexibility index (Phi) is 7.12. The molecule has 0 fully saturated rings. The summed E-state index contributed by atoms with van der Waals surface area (Å²) in [6.07, 6.45) is 3.40. The predicted octanol–water partition coefficient (Wildman–Crippen LogP) is 2.77. The lowest BCUT2D eigenvalue weighted by atomic mass is 10.2. The van der Waals surface area contributed by atoms with E-state index in [9.17, 15) is 18.0 Å². The number of nitrogens with one attached hydrogen (secondary N) is 1. The number of carbonyl (C=O) groups excluding carboxylic acids is 2. The van der Waals surface area contributed by atoms with E-state index in [0.717, 1.165) is 5.56 Å². The highest BCUT2D eigenvalue weighted by Gasteiger charge is 2.30. The van der Waals surface area contributed by atoms with Crippen molar-refractivity contribution in [2.45, 2.75) is 25.2 Å². The van der Waals surface area contributed by atoms with E-state index in [1.54, 1.807) is 12.1 Å². The molecule has 0 saturated carbocycles. The molecule has 31 heavy (non-hydrogen) atoms. The highest BCUT2D eigenvalue weighted by atomic mass is 32.2. The molecule has 0 unspecified atom stereocenters. The second kappa shape index (κ2) is 9.78. The maximum atomic E-state index is 13.0. The van der Waals surface area contributed by atoms with E-state index in [1.165, 1.54) is 28.6 Å². The van der Waals surface area contributed by atoms with E-state index in [1.807, 2.05) is 38.1 Å². The van der Waals surface area contributed by atoms with Crippen LogP contribution in [0.25, 0.3) is 6.08 Å². The number of nitrogens with zero attached hydrogens (tertiary/aromatic N) is 1. The molecule has 1 aliphatic heterocycles. The fraction of sp³-hybridized carbons (Fsp3) is 0.304. The largest absolute Gasteiger partial charge is 0.452 e. The Morgan fingerprint density at radius 2 is 1.84 bits per heavy atom. The lowest BCUT2D eigenvalue weighted by Gasteiger charge is -2.19. The van der Waals surface area contributed by atoms with Crippen LogP contribution in [0.1, 0.15) is 25.0 Å². The Morgan fingerprint density at radius 1 is 1.13 bits per heavy atom. The van der Waals surface area contributed by atoms with Gasteiger partial charge in [-0.25, -0.2) is 13.2 Å². The Morgan fingerprint density at radius 3 is 2.55 bits per heavy atom. The third-order valence-corrected chi connectivity index (χ3v) is 6.60. The van der Waals surface area contributed by atoms with Gasteiger partial charge in [0.25, 0.3) is 15.9 Å². The second-order valence-electron chi connectivity index (χ2n) is 7.66. The van der Waals surface area contributed by atoms with Crippen LogP contribution in [-0.2, 0) is 30.8 Å². The zero-order chi connectivity index (χ0) is 22.4. The number of para-hydroxylation sites is 1. The number of benzene rings is 2. The van der Waals surface area contributed by atoms with E-state index >= 15 is 0 Å². The molecule has 0 saturated heterocycles. The molecule has 0 aliphatic carbocycles. The molecular weight excluding hydrogens is 416 g/mol. The summed E-state index contributed by atoms with van der Waals surface area (Å²) in [5.41, 5.74) is 2.37. The summed E-state index contributed by atoms with van der Waals surface area (Å²) in [4.78, 5) is 23.5. The molecule has 0 radical (unpaired) electrons. The Labute approximate surface area is 182 Å². The molecule has 0 bridgehead atoms. The lowest BCUT2D eigenvalue weighted by Crippen LogP contribution is -2.31. The summed E-state index contributed by atoms with van der Waals surface area (Å²) in [6, 6.07) is 13.7. The highest BCUT2D eigenvalue weighted by Crippen LogP contribution is 2.32. The molecule has 0 atom stereocenters. The van der Waals surface area contributed by atoms with Crippen LogP contribution in [0.15, 0.2) is 59.5 Å². The predicted molar refractivity (Wildman–Crippen MR) is 119 cm³/mol. The van der Waals surface area contributed by atoms with Gasteiger partial charge in [0.2, 0.25) is 0 Å². The summed E-state index contributed by atoms with van der Waals surface area (Å²) in [5.74, 6) is -0.690. The van der Waals surface area contributed by atoms with Gasteiger partial charge < -0.3 is 10.1 Å².